The predicted octanol–water partition coefficient (Wildman–Crippen LogP) is 6.37. The molecule has 0 saturated carbocycles. The van der Waals surface area contributed by atoms with E-state index in [4.69, 9.17) is 33.2 Å². The highest BCUT2D eigenvalue weighted by molar-refractivity contribution is 9.10. The summed E-state index contributed by atoms with van der Waals surface area (Å²) in [7, 11) is 0. The fourth-order valence-electron chi connectivity index (χ4n) is 3.04. The van der Waals surface area contributed by atoms with Crippen LogP contribution in [0.4, 0.5) is 4.39 Å². The SMILES string of the molecule is N#Cc1cc(Cl)cc(Oc2c(Cl)ccc(CNC(=O)c3[nH]c4cnccc4c3Br)c2F)c1. The number of nitrogens with zero attached hydrogens (tertiary/aromatic N) is 2. The van der Waals surface area contributed by atoms with Gasteiger partial charge in [-0.05, 0) is 46.3 Å². The summed E-state index contributed by atoms with van der Waals surface area (Å²) in [5.41, 5.74) is 1.40. The number of carbonyl (C=O) groups is 1. The standard InChI is InChI=1S/C22H12BrCl2FN4O2/c23-18-15-3-4-28-10-17(15)30-20(18)22(31)29-9-12-1-2-16(25)21(19(12)26)32-14-6-11(8-27)5-13(24)7-14/h1-7,10,30H,9H2,(H,29,31). The molecular formula is C22H12BrCl2FN4O2. The highest BCUT2D eigenvalue weighted by Crippen LogP contribution is 2.35. The summed E-state index contributed by atoms with van der Waals surface area (Å²) in [5, 5.41) is 12.8. The van der Waals surface area contributed by atoms with Crippen LogP contribution in [0.25, 0.3) is 10.9 Å². The third-order valence-corrected chi connectivity index (χ3v) is 5.89. The van der Waals surface area contributed by atoms with E-state index < -0.39 is 11.7 Å². The molecule has 0 radical (unpaired) electrons. The second-order valence-corrected chi connectivity index (χ2v) is 8.29. The average molecular weight is 534 g/mol. The number of pyridine rings is 1. The number of rotatable bonds is 5. The van der Waals surface area contributed by atoms with Crippen molar-refractivity contribution in [2.45, 2.75) is 6.54 Å². The van der Waals surface area contributed by atoms with Gasteiger partial charge in [0.15, 0.2) is 11.6 Å². The minimum atomic E-state index is -0.740. The number of halogens is 4. The van der Waals surface area contributed by atoms with E-state index in [9.17, 15) is 4.79 Å². The predicted molar refractivity (Wildman–Crippen MR) is 123 cm³/mol. The molecule has 0 fully saturated rings. The van der Waals surface area contributed by atoms with Crippen LogP contribution in [0, 0.1) is 17.1 Å². The molecule has 2 heterocycles. The first-order valence-corrected chi connectivity index (χ1v) is 10.7. The van der Waals surface area contributed by atoms with Crippen molar-refractivity contribution in [1.29, 1.82) is 5.26 Å². The van der Waals surface area contributed by atoms with Gasteiger partial charge in [-0.3, -0.25) is 9.78 Å². The highest BCUT2D eigenvalue weighted by Gasteiger charge is 2.19. The Morgan fingerprint density at radius 2 is 2.09 bits per heavy atom. The minimum Gasteiger partial charge on any atom is -0.453 e. The zero-order valence-corrected chi connectivity index (χ0v) is 19.1. The van der Waals surface area contributed by atoms with Gasteiger partial charge in [-0.25, -0.2) is 4.39 Å². The lowest BCUT2D eigenvalue weighted by Gasteiger charge is -2.13. The molecule has 2 aromatic heterocycles. The zero-order chi connectivity index (χ0) is 22.8. The van der Waals surface area contributed by atoms with Crippen LogP contribution in [0.15, 0.2) is 53.3 Å². The summed E-state index contributed by atoms with van der Waals surface area (Å²) in [5.74, 6) is -1.25. The van der Waals surface area contributed by atoms with E-state index in [-0.39, 0.29) is 39.2 Å². The molecule has 0 aliphatic heterocycles. The molecule has 0 aliphatic rings. The summed E-state index contributed by atoms with van der Waals surface area (Å²) in [6.07, 6.45) is 3.22. The molecule has 0 bridgehead atoms. The molecule has 0 aliphatic carbocycles. The minimum absolute atomic E-state index is 0.0296. The van der Waals surface area contributed by atoms with Crippen molar-refractivity contribution in [2.75, 3.05) is 0 Å². The van der Waals surface area contributed by atoms with Crippen molar-refractivity contribution < 1.29 is 13.9 Å². The maximum absolute atomic E-state index is 15.1. The van der Waals surface area contributed by atoms with Gasteiger partial charge in [0.05, 0.1) is 32.8 Å². The lowest BCUT2D eigenvalue weighted by atomic mass is 10.2. The Morgan fingerprint density at radius 3 is 2.84 bits per heavy atom. The molecule has 10 heteroatoms. The van der Waals surface area contributed by atoms with Crippen molar-refractivity contribution >= 4 is 55.9 Å². The van der Waals surface area contributed by atoms with Crippen LogP contribution in [-0.4, -0.2) is 15.9 Å². The molecule has 0 saturated heterocycles. The number of nitriles is 1. The van der Waals surface area contributed by atoms with E-state index in [2.05, 4.69) is 31.2 Å². The Kier molecular flexibility index (Phi) is 6.33. The van der Waals surface area contributed by atoms with E-state index in [1.54, 1.807) is 18.5 Å². The average Bonchev–Trinajstić information content (AvgIpc) is 3.12. The second kappa shape index (κ2) is 9.17. The third-order valence-electron chi connectivity index (χ3n) is 4.55. The van der Waals surface area contributed by atoms with Gasteiger partial charge in [-0.15, -0.1) is 0 Å². The fraction of sp³-hybridized carbons (Fsp3) is 0.0455. The largest absolute Gasteiger partial charge is 0.453 e. The van der Waals surface area contributed by atoms with Crippen LogP contribution < -0.4 is 10.1 Å². The van der Waals surface area contributed by atoms with Gasteiger partial charge in [-0.2, -0.15) is 5.26 Å². The second-order valence-electron chi connectivity index (χ2n) is 6.66. The Morgan fingerprint density at radius 1 is 1.28 bits per heavy atom. The summed E-state index contributed by atoms with van der Waals surface area (Å²) in [6.45, 7) is -0.114. The van der Waals surface area contributed by atoms with Crippen LogP contribution in [0.5, 0.6) is 11.5 Å². The van der Waals surface area contributed by atoms with E-state index >= 15 is 4.39 Å². The summed E-state index contributed by atoms with van der Waals surface area (Å²) in [6, 6.07) is 10.9. The van der Waals surface area contributed by atoms with Crippen molar-refractivity contribution in [3.05, 3.63) is 85.9 Å². The Hall–Kier alpha value is -3.12. The Balaban J connectivity index is 1.56. The number of ether oxygens (including phenoxy) is 1. The van der Waals surface area contributed by atoms with Crippen LogP contribution in [0.2, 0.25) is 10.0 Å². The molecule has 1 amide bonds. The van der Waals surface area contributed by atoms with Gasteiger partial charge < -0.3 is 15.0 Å². The van der Waals surface area contributed by atoms with E-state index in [0.29, 0.717) is 15.7 Å². The summed E-state index contributed by atoms with van der Waals surface area (Å²) >= 11 is 15.5. The number of benzene rings is 2. The fourth-order valence-corrected chi connectivity index (χ4v) is 4.07. The number of aromatic amines is 1. The quantitative estimate of drug-likeness (QED) is 0.312. The number of nitrogens with one attached hydrogen (secondary N) is 2. The maximum Gasteiger partial charge on any atom is 0.269 e. The highest BCUT2D eigenvalue weighted by atomic mass is 79.9. The van der Waals surface area contributed by atoms with E-state index in [0.717, 1.165) is 5.39 Å². The number of H-pyrrole nitrogens is 1. The van der Waals surface area contributed by atoms with Crippen LogP contribution in [-0.2, 0) is 6.54 Å². The molecule has 160 valence electrons. The first-order valence-electron chi connectivity index (χ1n) is 9.12. The molecule has 0 atom stereocenters. The number of fused-ring (bicyclic) bond motifs is 1. The molecule has 32 heavy (non-hydrogen) atoms. The van der Waals surface area contributed by atoms with Gasteiger partial charge in [-0.1, -0.05) is 29.3 Å². The first-order chi connectivity index (χ1) is 15.4. The molecule has 6 nitrogen and oxygen atoms in total. The lowest BCUT2D eigenvalue weighted by Crippen LogP contribution is -2.24. The first kappa shape index (κ1) is 22.1. The van der Waals surface area contributed by atoms with Crippen molar-refractivity contribution in [2.24, 2.45) is 0 Å². The van der Waals surface area contributed by atoms with Crippen molar-refractivity contribution in [3.8, 4) is 17.6 Å². The van der Waals surface area contributed by atoms with Gasteiger partial charge in [0, 0.05) is 28.7 Å². The van der Waals surface area contributed by atoms with Crippen LogP contribution in [0.1, 0.15) is 21.6 Å². The maximum atomic E-state index is 15.1. The van der Waals surface area contributed by atoms with Crippen LogP contribution >= 0.6 is 39.1 Å². The normalized spacial score (nSPS) is 10.7. The van der Waals surface area contributed by atoms with E-state index in [1.807, 2.05) is 6.07 Å². The van der Waals surface area contributed by atoms with Gasteiger partial charge in [0.1, 0.15) is 11.4 Å². The number of hydrogen-bond acceptors (Lipinski definition) is 4. The molecule has 2 N–H and O–H groups in total. The molecule has 4 aromatic rings. The number of aromatic nitrogens is 2. The zero-order valence-electron chi connectivity index (χ0n) is 16.0. The lowest BCUT2D eigenvalue weighted by molar-refractivity contribution is 0.0945. The Labute approximate surface area is 200 Å². The van der Waals surface area contributed by atoms with Crippen LogP contribution in [0.3, 0.4) is 0 Å². The van der Waals surface area contributed by atoms with Gasteiger partial charge >= 0.3 is 0 Å². The Bertz CT molecular complexity index is 1400. The summed E-state index contributed by atoms with van der Waals surface area (Å²) < 4.78 is 21.3. The van der Waals surface area contributed by atoms with Gasteiger partial charge in [0.25, 0.3) is 5.91 Å². The molecule has 2 aromatic carbocycles. The number of carbonyl (C=O) groups excluding carboxylic acids is 1. The van der Waals surface area contributed by atoms with Crippen molar-refractivity contribution in [1.82, 2.24) is 15.3 Å². The van der Waals surface area contributed by atoms with E-state index in [1.165, 1.54) is 30.3 Å². The summed E-state index contributed by atoms with van der Waals surface area (Å²) in [4.78, 5) is 19.7. The molecule has 0 unspecified atom stereocenters. The third kappa shape index (κ3) is 4.41. The van der Waals surface area contributed by atoms with Gasteiger partial charge in [0.2, 0.25) is 0 Å². The van der Waals surface area contributed by atoms with Crippen molar-refractivity contribution in [3.63, 3.8) is 0 Å². The smallest absolute Gasteiger partial charge is 0.269 e. The number of amides is 1. The topological polar surface area (TPSA) is 90.8 Å². The monoisotopic (exact) mass is 532 g/mol. The number of hydrogen-bond donors (Lipinski definition) is 2. The molecule has 0 spiro atoms. The molecule has 4 rings (SSSR count). The molecular weight excluding hydrogens is 522 g/mol.